The summed E-state index contributed by atoms with van der Waals surface area (Å²) < 4.78 is 7.77. The normalized spacial score (nSPS) is 10.5. The zero-order chi connectivity index (χ0) is 14.0. The third kappa shape index (κ3) is 3.08. The third-order valence-corrected chi connectivity index (χ3v) is 3.41. The summed E-state index contributed by atoms with van der Waals surface area (Å²) in [6.45, 7) is 0.109. The van der Waals surface area contributed by atoms with Crippen LogP contribution in [0.4, 0.5) is 0 Å². The summed E-state index contributed by atoms with van der Waals surface area (Å²) in [6.07, 6.45) is 1.30. The lowest BCUT2D eigenvalue weighted by Crippen LogP contribution is -2.08. The van der Waals surface area contributed by atoms with Crippen molar-refractivity contribution in [3.8, 4) is 5.75 Å². The quantitative estimate of drug-likeness (QED) is 0.925. The smallest absolute Gasteiger partial charge is 0.339 e. The highest BCUT2D eigenvalue weighted by Gasteiger charge is 2.15. The molecule has 2 aromatic rings. The molecule has 0 fully saturated rings. The van der Waals surface area contributed by atoms with E-state index < -0.39 is 5.97 Å². The summed E-state index contributed by atoms with van der Waals surface area (Å²) in [5.74, 6) is -0.441. The van der Waals surface area contributed by atoms with Crippen molar-refractivity contribution < 1.29 is 14.6 Å². The van der Waals surface area contributed by atoms with Gasteiger partial charge in [0.15, 0.2) is 0 Å². The molecule has 1 heterocycles. The van der Waals surface area contributed by atoms with E-state index in [0.29, 0.717) is 20.9 Å². The zero-order valence-electron chi connectivity index (χ0n) is 9.93. The maximum atomic E-state index is 11.0. The molecule has 0 aliphatic rings. The van der Waals surface area contributed by atoms with Gasteiger partial charge in [0.1, 0.15) is 17.9 Å². The second-order valence-electron chi connectivity index (χ2n) is 3.80. The molecule has 1 aromatic heterocycles. The molecule has 1 aromatic carbocycles. The molecule has 5 nitrogen and oxygen atoms in total. The van der Waals surface area contributed by atoms with E-state index in [4.69, 9.17) is 21.4 Å². The van der Waals surface area contributed by atoms with Gasteiger partial charge in [-0.25, -0.2) is 4.79 Å². The van der Waals surface area contributed by atoms with E-state index in [-0.39, 0.29) is 12.2 Å². The van der Waals surface area contributed by atoms with Gasteiger partial charge in [0.05, 0.1) is 16.4 Å². The lowest BCUT2D eigenvalue weighted by Gasteiger charge is -2.09. The van der Waals surface area contributed by atoms with E-state index in [1.165, 1.54) is 10.9 Å². The molecule has 19 heavy (non-hydrogen) atoms. The Bertz CT molecular complexity index is 627. The van der Waals surface area contributed by atoms with Crippen molar-refractivity contribution >= 4 is 33.5 Å². The number of hydrogen-bond acceptors (Lipinski definition) is 3. The number of carboxylic acids is 1. The topological polar surface area (TPSA) is 64.4 Å². The Morgan fingerprint density at radius 2 is 2.32 bits per heavy atom. The Labute approximate surface area is 122 Å². The molecule has 0 atom stereocenters. The fraction of sp³-hybridized carbons (Fsp3) is 0.167. The Kier molecular flexibility index (Phi) is 4.11. The van der Waals surface area contributed by atoms with Crippen molar-refractivity contribution in [1.82, 2.24) is 9.78 Å². The van der Waals surface area contributed by atoms with E-state index in [0.717, 1.165) is 0 Å². The number of benzene rings is 1. The molecule has 0 radical (unpaired) electrons. The summed E-state index contributed by atoms with van der Waals surface area (Å²) in [6, 6.07) is 5.12. The Hall–Kier alpha value is -1.53. The molecule has 0 spiro atoms. The monoisotopic (exact) mass is 344 g/mol. The van der Waals surface area contributed by atoms with Crippen LogP contribution in [-0.4, -0.2) is 20.9 Å². The van der Waals surface area contributed by atoms with Gasteiger partial charge in [-0.05, 0) is 34.1 Å². The Morgan fingerprint density at radius 3 is 2.95 bits per heavy atom. The minimum Gasteiger partial charge on any atom is -0.486 e. The largest absolute Gasteiger partial charge is 0.486 e. The predicted octanol–water partition coefficient (Wildman–Crippen LogP) is 3.11. The van der Waals surface area contributed by atoms with Crippen LogP contribution in [0.2, 0.25) is 5.02 Å². The van der Waals surface area contributed by atoms with Crippen LogP contribution in [0, 0.1) is 0 Å². The molecule has 0 amide bonds. The number of aromatic nitrogens is 2. The van der Waals surface area contributed by atoms with Gasteiger partial charge < -0.3 is 9.84 Å². The first-order chi connectivity index (χ1) is 8.99. The number of rotatable bonds is 4. The van der Waals surface area contributed by atoms with Gasteiger partial charge in [-0.15, -0.1) is 0 Å². The summed E-state index contributed by atoms with van der Waals surface area (Å²) in [4.78, 5) is 11.0. The summed E-state index contributed by atoms with van der Waals surface area (Å²) >= 11 is 9.16. The Morgan fingerprint density at radius 1 is 1.58 bits per heavy atom. The minimum atomic E-state index is -1.03. The number of carboxylic acid groups (broad SMARTS) is 1. The number of ether oxygens (including phenoxy) is 1. The average Bonchev–Trinajstić information content (AvgIpc) is 2.70. The molecular weight excluding hydrogens is 335 g/mol. The van der Waals surface area contributed by atoms with Crippen molar-refractivity contribution in [3.63, 3.8) is 0 Å². The molecule has 2 rings (SSSR count). The van der Waals surface area contributed by atoms with E-state index >= 15 is 0 Å². The highest BCUT2D eigenvalue weighted by molar-refractivity contribution is 9.10. The molecule has 100 valence electrons. The summed E-state index contributed by atoms with van der Waals surface area (Å²) in [5.41, 5.74) is 0.627. The van der Waals surface area contributed by atoms with Gasteiger partial charge >= 0.3 is 5.97 Å². The third-order valence-electron chi connectivity index (χ3n) is 2.55. The van der Waals surface area contributed by atoms with Gasteiger partial charge in [-0.3, -0.25) is 4.68 Å². The fourth-order valence-electron chi connectivity index (χ4n) is 1.55. The molecule has 0 aliphatic carbocycles. The standard InChI is InChI=1S/C12H10BrClN2O3/c1-16-10(8(5-15-16)12(17)18)6-19-11-3-2-7(14)4-9(11)13/h2-5H,6H2,1H3,(H,17,18). The minimum absolute atomic E-state index is 0.109. The predicted molar refractivity (Wildman–Crippen MR) is 73.7 cm³/mol. The molecule has 0 aliphatic heterocycles. The lowest BCUT2D eigenvalue weighted by molar-refractivity contribution is 0.0693. The average molecular weight is 346 g/mol. The van der Waals surface area contributed by atoms with Gasteiger partial charge in [-0.1, -0.05) is 11.6 Å². The van der Waals surface area contributed by atoms with Crippen molar-refractivity contribution in [3.05, 3.63) is 45.1 Å². The van der Waals surface area contributed by atoms with E-state index in [2.05, 4.69) is 21.0 Å². The maximum Gasteiger partial charge on any atom is 0.339 e. The number of halogens is 2. The molecule has 0 saturated carbocycles. The van der Waals surface area contributed by atoms with Gasteiger partial charge in [0.2, 0.25) is 0 Å². The van der Waals surface area contributed by atoms with Crippen LogP contribution in [0.1, 0.15) is 16.1 Å². The van der Waals surface area contributed by atoms with Crippen LogP contribution in [0.25, 0.3) is 0 Å². The van der Waals surface area contributed by atoms with Gasteiger partial charge in [0, 0.05) is 12.1 Å². The van der Waals surface area contributed by atoms with Crippen LogP contribution in [0.15, 0.2) is 28.9 Å². The van der Waals surface area contributed by atoms with Crippen molar-refractivity contribution in [2.24, 2.45) is 7.05 Å². The van der Waals surface area contributed by atoms with Crippen LogP contribution in [-0.2, 0) is 13.7 Å². The molecule has 0 saturated heterocycles. The van der Waals surface area contributed by atoms with Crippen molar-refractivity contribution in [2.45, 2.75) is 6.61 Å². The van der Waals surface area contributed by atoms with Crippen LogP contribution >= 0.6 is 27.5 Å². The number of hydrogen-bond donors (Lipinski definition) is 1. The fourth-order valence-corrected chi connectivity index (χ4v) is 2.35. The highest BCUT2D eigenvalue weighted by atomic mass is 79.9. The first-order valence-corrected chi connectivity index (χ1v) is 6.48. The first kappa shape index (κ1) is 13.9. The molecule has 0 unspecified atom stereocenters. The second kappa shape index (κ2) is 5.63. The molecule has 7 heteroatoms. The first-order valence-electron chi connectivity index (χ1n) is 5.31. The van der Waals surface area contributed by atoms with Crippen LogP contribution < -0.4 is 4.74 Å². The van der Waals surface area contributed by atoms with Crippen molar-refractivity contribution in [2.75, 3.05) is 0 Å². The van der Waals surface area contributed by atoms with Crippen LogP contribution in [0.5, 0.6) is 5.75 Å². The zero-order valence-corrected chi connectivity index (χ0v) is 12.3. The number of aromatic carboxylic acids is 1. The molecule has 1 N–H and O–H groups in total. The molecular formula is C12H10BrClN2O3. The lowest BCUT2D eigenvalue weighted by atomic mass is 10.2. The van der Waals surface area contributed by atoms with E-state index in [1.54, 1.807) is 25.2 Å². The second-order valence-corrected chi connectivity index (χ2v) is 5.09. The Balaban J connectivity index is 2.19. The van der Waals surface area contributed by atoms with E-state index in [1.807, 2.05) is 0 Å². The number of nitrogens with zero attached hydrogens (tertiary/aromatic N) is 2. The van der Waals surface area contributed by atoms with Crippen molar-refractivity contribution in [1.29, 1.82) is 0 Å². The molecule has 0 bridgehead atoms. The summed E-state index contributed by atoms with van der Waals surface area (Å²) in [7, 11) is 1.67. The highest BCUT2D eigenvalue weighted by Crippen LogP contribution is 2.28. The number of aryl methyl sites for hydroxylation is 1. The summed E-state index contributed by atoms with van der Waals surface area (Å²) in [5, 5.41) is 13.5. The SMILES string of the molecule is Cn1ncc(C(=O)O)c1COc1ccc(Cl)cc1Br. The van der Waals surface area contributed by atoms with Crippen LogP contribution in [0.3, 0.4) is 0 Å². The maximum absolute atomic E-state index is 11.0. The number of carbonyl (C=O) groups is 1. The van der Waals surface area contributed by atoms with Gasteiger partial charge in [-0.2, -0.15) is 5.10 Å². The van der Waals surface area contributed by atoms with E-state index in [9.17, 15) is 4.79 Å². The van der Waals surface area contributed by atoms with Gasteiger partial charge in [0.25, 0.3) is 0 Å².